The Labute approximate surface area is 61.4 Å². The zero-order chi connectivity index (χ0) is 7.40. The average molecular weight is 138 g/mol. The van der Waals surface area contributed by atoms with Crippen LogP contribution < -0.4 is 5.73 Å². The SMILES string of the molecule is CC(N)CCc1ccc[nH]1. The molecule has 2 nitrogen and oxygen atoms in total. The first-order chi connectivity index (χ1) is 4.79. The molecule has 0 fully saturated rings. The van der Waals surface area contributed by atoms with Crippen LogP contribution in [0.3, 0.4) is 0 Å². The number of aromatic amines is 1. The van der Waals surface area contributed by atoms with E-state index < -0.39 is 0 Å². The minimum absolute atomic E-state index is 0.309. The monoisotopic (exact) mass is 138 g/mol. The zero-order valence-corrected chi connectivity index (χ0v) is 6.30. The van der Waals surface area contributed by atoms with Crippen LogP contribution in [-0.2, 0) is 6.42 Å². The lowest BCUT2D eigenvalue weighted by atomic mass is 10.1. The molecule has 0 aliphatic rings. The van der Waals surface area contributed by atoms with E-state index in [-0.39, 0.29) is 0 Å². The molecule has 0 radical (unpaired) electrons. The minimum Gasteiger partial charge on any atom is -0.365 e. The number of aryl methyl sites for hydroxylation is 1. The van der Waals surface area contributed by atoms with Crippen LogP contribution in [0.15, 0.2) is 18.3 Å². The van der Waals surface area contributed by atoms with Crippen LogP contribution in [0, 0.1) is 0 Å². The second kappa shape index (κ2) is 3.42. The largest absolute Gasteiger partial charge is 0.365 e. The fourth-order valence-electron chi connectivity index (χ4n) is 0.906. The van der Waals surface area contributed by atoms with Crippen molar-refractivity contribution in [2.75, 3.05) is 0 Å². The van der Waals surface area contributed by atoms with Crippen LogP contribution in [0.25, 0.3) is 0 Å². The van der Waals surface area contributed by atoms with E-state index in [0.717, 1.165) is 12.8 Å². The van der Waals surface area contributed by atoms with E-state index in [1.54, 1.807) is 0 Å². The van der Waals surface area contributed by atoms with Gasteiger partial charge in [0.25, 0.3) is 0 Å². The second-order valence-corrected chi connectivity index (χ2v) is 2.71. The van der Waals surface area contributed by atoms with E-state index in [9.17, 15) is 0 Å². The van der Waals surface area contributed by atoms with Gasteiger partial charge in [-0.2, -0.15) is 0 Å². The van der Waals surface area contributed by atoms with Crippen molar-refractivity contribution in [3.63, 3.8) is 0 Å². The normalized spacial score (nSPS) is 13.4. The van der Waals surface area contributed by atoms with Gasteiger partial charge in [-0.3, -0.25) is 0 Å². The lowest BCUT2D eigenvalue weighted by Crippen LogP contribution is -2.15. The lowest BCUT2D eigenvalue weighted by Gasteiger charge is -2.01. The van der Waals surface area contributed by atoms with Crippen molar-refractivity contribution in [3.05, 3.63) is 24.0 Å². The van der Waals surface area contributed by atoms with Crippen molar-refractivity contribution in [1.82, 2.24) is 4.98 Å². The number of rotatable bonds is 3. The van der Waals surface area contributed by atoms with E-state index in [1.807, 2.05) is 19.2 Å². The molecule has 0 saturated heterocycles. The van der Waals surface area contributed by atoms with Crippen LogP contribution in [0.1, 0.15) is 19.0 Å². The Morgan fingerprint density at radius 3 is 3.00 bits per heavy atom. The molecular formula is C8H14N2. The van der Waals surface area contributed by atoms with Crippen molar-refractivity contribution in [2.24, 2.45) is 5.73 Å². The molecule has 1 unspecified atom stereocenters. The Balaban J connectivity index is 2.28. The fourth-order valence-corrected chi connectivity index (χ4v) is 0.906. The summed E-state index contributed by atoms with van der Waals surface area (Å²) >= 11 is 0. The molecular weight excluding hydrogens is 124 g/mol. The highest BCUT2D eigenvalue weighted by atomic mass is 14.7. The Kier molecular flexibility index (Phi) is 2.51. The molecule has 56 valence electrons. The van der Waals surface area contributed by atoms with Crippen molar-refractivity contribution in [2.45, 2.75) is 25.8 Å². The van der Waals surface area contributed by atoms with Gasteiger partial charge in [-0.15, -0.1) is 0 Å². The van der Waals surface area contributed by atoms with Gasteiger partial charge in [0.1, 0.15) is 0 Å². The highest BCUT2D eigenvalue weighted by Crippen LogP contribution is 2.00. The number of hydrogen-bond acceptors (Lipinski definition) is 1. The fraction of sp³-hybridized carbons (Fsp3) is 0.500. The van der Waals surface area contributed by atoms with Gasteiger partial charge in [0.05, 0.1) is 0 Å². The van der Waals surface area contributed by atoms with Crippen LogP contribution in [0.5, 0.6) is 0 Å². The topological polar surface area (TPSA) is 41.8 Å². The van der Waals surface area contributed by atoms with Crippen molar-refractivity contribution in [3.8, 4) is 0 Å². The summed E-state index contributed by atoms with van der Waals surface area (Å²) in [6.45, 7) is 2.03. The summed E-state index contributed by atoms with van der Waals surface area (Å²) in [7, 11) is 0. The summed E-state index contributed by atoms with van der Waals surface area (Å²) in [4.78, 5) is 3.14. The number of nitrogens with one attached hydrogen (secondary N) is 1. The first-order valence-electron chi connectivity index (χ1n) is 3.67. The van der Waals surface area contributed by atoms with Gasteiger partial charge in [0.15, 0.2) is 0 Å². The Morgan fingerprint density at radius 2 is 2.50 bits per heavy atom. The molecule has 0 aliphatic heterocycles. The molecule has 1 aromatic rings. The van der Waals surface area contributed by atoms with E-state index in [2.05, 4.69) is 11.1 Å². The quantitative estimate of drug-likeness (QED) is 0.649. The Morgan fingerprint density at radius 1 is 1.70 bits per heavy atom. The lowest BCUT2D eigenvalue weighted by molar-refractivity contribution is 0.660. The van der Waals surface area contributed by atoms with Gasteiger partial charge in [-0.1, -0.05) is 0 Å². The predicted octanol–water partition coefficient (Wildman–Crippen LogP) is 1.29. The molecule has 2 heteroatoms. The molecule has 1 heterocycles. The standard InChI is InChI=1S/C8H14N2/c1-7(9)4-5-8-3-2-6-10-8/h2-3,6-7,10H,4-5,9H2,1H3. The van der Waals surface area contributed by atoms with Crippen LogP contribution in [0.2, 0.25) is 0 Å². The van der Waals surface area contributed by atoms with Crippen molar-refractivity contribution in [1.29, 1.82) is 0 Å². The third-order valence-electron chi connectivity index (χ3n) is 1.53. The predicted molar refractivity (Wildman–Crippen MR) is 42.8 cm³/mol. The zero-order valence-electron chi connectivity index (χ0n) is 6.30. The van der Waals surface area contributed by atoms with Crippen LogP contribution in [0.4, 0.5) is 0 Å². The number of H-pyrrole nitrogens is 1. The third-order valence-corrected chi connectivity index (χ3v) is 1.53. The smallest absolute Gasteiger partial charge is 0.0147 e. The summed E-state index contributed by atoms with van der Waals surface area (Å²) in [6, 6.07) is 4.40. The van der Waals surface area contributed by atoms with Crippen LogP contribution >= 0.6 is 0 Å². The summed E-state index contributed by atoms with van der Waals surface area (Å²) in [5.41, 5.74) is 6.87. The summed E-state index contributed by atoms with van der Waals surface area (Å²) < 4.78 is 0. The molecule has 1 aromatic heterocycles. The van der Waals surface area contributed by atoms with Crippen molar-refractivity contribution >= 4 is 0 Å². The molecule has 0 amide bonds. The Hall–Kier alpha value is -0.760. The van der Waals surface area contributed by atoms with E-state index >= 15 is 0 Å². The van der Waals surface area contributed by atoms with Gasteiger partial charge in [0, 0.05) is 17.9 Å². The first-order valence-corrected chi connectivity index (χ1v) is 3.67. The Bertz CT molecular complexity index is 165. The van der Waals surface area contributed by atoms with E-state index in [0.29, 0.717) is 6.04 Å². The van der Waals surface area contributed by atoms with Gasteiger partial charge in [-0.25, -0.2) is 0 Å². The summed E-state index contributed by atoms with van der Waals surface area (Å²) in [6.07, 6.45) is 4.06. The van der Waals surface area contributed by atoms with Gasteiger partial charge >= 0.3 is 0 Å². The maximum atomic E-state index is 5.60. The summed E-state index contributed by atoms with van der Waals surface area (Å²) in [5.74, 6) is 0. The van der Waals surface area contributed by atoms with Crippen molar-refractivity contribution < 1.29 is 0 Å². The second-order valence-electron chi connectivity index (χ2n) is 2.71. The maximum Gasteiger partial charge on any atom is 0.0147 e. The average Bonchev–Trinajstić information content (AvgIpc) is 2.34. The van der Waals surface area contributed by atoms with E-state index in [4.69, 9.17) is 5.73 Å². The molecule has 1 rings (SSSR count). The highest BCUT2D eigenvalue weighted by molar-refractivity contribution is 5.03. The summed E-state index contributed by atoms with van der Waals surface area (Å²) in [5, 5.41) is 0. The maximum absolute atomic E-state index is 5.60. The van der Waals surface area contributed by atoms with E-state index in [1.165, 1.54) is 5.69 Å². The van der Waals surface area contributed by atoms with Gasteiger partial charge < -0.3 is 10.7 Å². The molecule has 0 bridgehead atoms. The first kappa shape index (κ1) is 7.35. The number of nitrogens with two attached hydrogens (primary N) is 1. The number of hydrogen-bond donors (Lipinski definition) is 2. The molecule has 0 aromatic carbocycles. The minimum atomic E-state index is 0.309. The molecule has 0 saturated carbocycles. The molecule has 0 spiro atoms. The number of aromatic nitrogens is 1. The molecule has 1 atom stereocenters. The van der Waals surface area contributed by atoms with Crippen LogP contribution in [-0.4, -0.2) is 11.0 Å². The van der Waals surface area contributed by atoms with Gasteiger partial charge in [0.2, 0.25) is 0 Å². The molecule has 3 N–H and O–H groups in total. The molecule has 0 aliphatic carbocycles. The van der Waals surface area contributed by atoms with Gasteiger partial charge in [-0.05, 0) is 31.9 Å². The highest BCUT2D eigenvalue weighted by Gasteiger charge is 1.95. The third kappa shape index (κ3) is 2.23. The molecule has 10 heavy (non-hydrogen) atoms.